The lowest BCUT2D eigenvalue weighted by Crippen LogP contribution is -2.37. The number of aromatic nitrogens is 7. The molecule has 0 fully saturated rings. The Kier molecular flexibility index (Phi) is 3.82. The smallest absolute Gasteiger partial charge is 0.193 e. The minimum Gasteiger partial charge on any atom is -0.337 e. The van der Waals surface area contributed by atoms with Crippen LogP contribution in [0, 0.1) is 0 Å². The Morgan fingerprint density at radius 2 is 1.82 bits per heavy atom. The SMILES string of the molecule is CC1(C)CCN(c2cnc(-n3nccn3)c(Cl)c2)c2cnc3cc(Cl)nn3c21. The average molecular weight is 415 g/mol. The molecule has 0 radical (unpaired) electrons. The first-order valence-corrected chi connectivity index (χ1v) is 9.54. The Bertz CT molecular complexity index is 1180. The van der Waals surface area contributed by atoms with Gasteiger partial charge in [0.2, 0.25) is 0 Å². The Morgan fingerprint density at radius 3 is 2.57 bits per heavy atom. The van der Waals surface area contributed by atoms with Gasteiger partial charge >= 0.3 is 0 Å². The number of halogens is 2. The second-order valence-electron chi connectivity index (χ2n) is 7.33. The van der Waals surface area contributed by atoms with Crippen LogP contribution >= 0.6 is 23.2 Å². The third-order valence-corrected chi connectivity index (χ3v) is 5.52. The van der Waals surface area contributed by atoms with Gasteiger partial charge in [0.15, 0.2) is 16.6 Å². The van der Waals surface area contributed by atoms with Crippen molar-refractivity contribution in [3.05, 3.63) is 52.8 Å². The fourth-order valence-corrected chi connectivity index (χ4v) is 4.08. The van der Waals surface area contributed by atoms with Gasteiger partial charge in [0, 0.05) is 18.0 Å². The lowest BCUT2D eigenvalue weighted by molar-refractivity contribution is 0.439. The van der Waals surface area contributed by atoms with Gasteiger partial charge in [-0.3, -0.25) is 0 Å². The van der Waals surface area contributed by atoms with E-state index in [1.807, 2.05) is 16.8 Å². The van der Waals surface area contributed by atoms with Gasteiger partial charge in [-0.1, -0.05) is 37.0 Å². The number of hydrogen-bond acceptors (Lipinski definition) is 6. The van der Waals surface area contributed by atoms with E-state index in [9.17, 15) is 0 Å². The van der Waals surface area contributed by atoms with E-state index < -0.39 is 0 Å². The first-order valence-electron chi connectivity index (χ1n) is 8.78. The maximum atomic E-state index is 6.48. The molecule has 0 spiro atoms. The van der Waals surface area contributed by atoms with Crippen molar-refractivity contribution in [1.82, 2.24) is 34.6 Å². The Morgan fingerprint density at radius 1 is 1.04 bits per heavy atom. The zero-order valence-corrected chi connectivity index (χ0v) is 16.7. The number of pyridine rings is 1. The van der Waals surface area contributed by atoms with Crippen molar-refractivity contribution in [3.8, 4) is 5.82 Å². The summed E-state index contributed by atoms with van der Waals surface area (Å²) < 4.78 is 1.83. The van der Waals surface area contributed by atoms with Crippen LogP contribution in [0.1, 0.15) is 26.0 Å². The van der Waals surface area contributed by atoms with Crippen molar-refractivity contribution in [2.24, 2.45) is 0 Å². The summed E-state index contributed by atoms with van der Waals surface area (Å²) in [5.41, 5.74) is 3.54. The van der Waals surface area contributed by atoms with Gasteiger partial charge in [-0.2, -0.15) is 15.3 Å². The van der Waals surface area contributed by atoms with Crippen molar-refractivity contribution in [1.29, 1.82) is 0 Å². The van der Waals surface area contributed by atoms with Crippen LogP contribution in [0.5, 0.6) is 0 Å². The number of fused-ring (bicyclic) bond motifs is 3. The van der Waals surface area contributed by atoms with Crippen LogP contribution in [0.25, 0.3) is 11.5 Å². The van der Waals surface area contributed by atoms with Crippen molar-refractivity contribution in [2.45, 2.75) is 25.7 Å². The average Bonchev–Trinajstić information content (AvgIpc) is 3.29. The molecular weight excluding hydrogens is 399 g/mol. The highest BCUT2D eigenvalue weighted by atomic mass is 35.5. The summed E-state index contributed by atoms with van der Waals surface area (Å²) in [4.78, 5) is 12.6. The Labute approximate surface area is 170 Å². The highest BCUT2D eigenvalue weighted by Gasteiger charge is 2.35. The second kappa shape index (κ2) is 6.15. The highest BCUT2D eigenvalue weighted by Crippen LogP contribution is 2.43. The standard InChI is InChI=1S/C18H16Cl2N8/c1-18(2)3-6-26(13-10-21-15-8-14(20)25-27(15)16(13)18)11-7-12(19)17(22-9-11)28-23-4-5-24-28/h4-5,7-10H,3,6H2,1-2H3. The van der Waals surface area contributed by atoms with Gasteiger partial charge in [0.25, 0.3) is 0 Å². The first-order chi connectivity index (χ1) is 13.4. The Balaban J connectivity index is 1.65. The van der Waals surface area contributed by atoms with Crippen molar-refractivity contribution in [2.75, 3.05) is 11.4 Å². The van der Waals surface area contributed by atoms with Crippen LogP contribution in [0.4, 0.5) is 11.4 Å². The largest absolute Gasteiger partial charge is 0.337 e. The van der Waals surface area contributed by atoms with Crippen molar-refractivity contribution in [3.63, 3.8) is 0 Å². The maximum absolute atomic E-state index is 6.48. The molecule has 0 N–H and O–H groups in total. The quantitative estimate of drug-likeness (QED) is 0.495. The third-order valence-electron chi connectivity index (χ3n) is 5.05. The van der Waals surface area contributed by atoms with Gasteiger partial charge in [0.05, 0.1) is 46.9 Å². The van der Waals surface area contributed by atoms with Gasteiger partial charge in [0.1, 0.15) is 0 Å². The summed E-state index contributed by atoms with van der Waals surface area (Å²) in [6, 6.07) is 3.64. The summed E-state index contributed by atoms with van der Waals surface area (Å²) in [7, 11) is 0. The van der Waals surface area contributed by atoms with Gasteiger partial charge in [-0.25, -0.2) is 14.5 Å². The molecule has 10 heteroatoms. The molecule has 0 bridgehead atoms. The Hall–Kier alpha value is -2.71. The van der Waals surface area contributed by atoms with E-state index in [2.05, 4.69) is 44.0 Å². The fraction of sp³-hybridized carbons (Fsp3) is 0.278. The van der Waals surface area contributed by atoms with Crippen LogP contribution < -0.4 is 4.90 Å². The van der Waals surface area contributed by atoms with E-state index in [4.69, 9.17) is 23.2 Å². The van der Waals surface area contributed by atoms with Crippen LogP contribution in [0.15, 0.2) is 36.9 Å². The van der Waals surface area contributed by atoms with Crippen molar-refractivity contribution >= 4 is 40.2 Å². The van der Waals surface area contributed by atoms with Crippen LogP contribution in [-0.4, -0.2) is 41.1 Å². The number of rotatable bonds is 2. The molecule has 4 aromatic heterocycles. The third kappa shape index (κ3) is 2.63. The van der Waals surface area contributed by atoms with Gasteiger partial charge in [-0.15, -0.1) is 4.80 Å². The van der Waals surface area contributed by atoms with E-state index in [0.717, 1.165) is 35.7 Å². The van der Waals surface area contributed by atoms with Crippen molar-refractivity contribution < 1.29 is 0 Å². The molecule has 142 valence electrons. The normalized spacial score (nSPS) is 15.8. The molecule has 0 amide bonds. The molecule has 0 aliphatic carbocycles. The summed E-state index contributed by atoms with van der Waals surface area (Å²) >= 11 is 12.6. The van der Waals surface area contributed by atoms with E-state index >= 15 is 0 Å². The molecule has 4 aromatic rings. The van der Waals surface area contributed by atoms with E-state index in [0.29, 0.717) is 16.0 Å². The van der Waals surface area contributed by atoms with Crippen LogP contribution in [-0.2, 0) is 5.41 Å². The predicted molar refractivity (Wildman–Crippen MR) is 107 cm³/mol. The first kappa shape index (κ1) is 17.4. The molecule has 0 unspecified atom stereocenters. The lowest BCUT2D eigenvalue weighted by atomic mass is 9.81. The molecular formula is C18H16Cl2N8. The highest BCUT2D eigenvalue weighted by molar-refractivity contribution is 6.32. The number of hydrogen-bond donors (Lipinski definition) is 0. The zero-order chi connectivity index (χ0) is 19.5. The molecule has 8 nitrogen and oxygen atoms in total. The summed E-state index contributed by atoms with van der Waals surface area (Å²) in [6.07, 6.45) is 7.73. The topological polar surface area (TPSA) is 77.0 Å². The number of anilines is 2. The van der Waals surface area contributed by atoms with E-state index in [1.54, 1.807) is 24.7 Å². The molecule has 5 heterocycles. The van der Waals surface area contributed by atoms with E-state index in [-0.39, 0.29) is 5.41 Å². The van der Waals surface area contributed by atoms with Crippen LogP contribution in [0.2, 0.25) is 10.2 Å². The molecule has 0 saturated heterocycles. The maximum Gasteiger partial charge on any atom is 0.193 e. The second-order valence-corrected chi connectivity index (χ2v) is 8.13. The molecule has 0 atom stereocenters. The van der Waals surface area contributed by atoms with E-state index in [1.165, 1.54) is 4.80 Å². The lowest BCUT2D eigenvalue weighted by Gasteiger charge is -2.39. The molecule has 0 aromatic carbocycles. The molecule has 1 aliphatic rings. The summed E-state index contributed by atoms with van der Waals surface area (Å²) in [6.45, 7) is 5.21. The number of nitrogens with zero attached hydrogens (tertiary/aromatic N) is 8. The van der Waals surface area contributed by atoms with Gasteiger partial charge in [-0.05, 0) is 12.5 Å². The van der Waals surface area contributed by atoms with Gasteiger partial charge < -0.3 is 4.90 Å². The molecule has 0 saturated carbocycles. The molecule has 5 rings (SSSR count). The molecule has 28 heavy (non-hydrogen) atoms. The summed E-state index contributed by atoms with van der Waals surface area (Å²) in [5, 5.41) is 13.5. The monoisotopic (exact) mass is 414 g/mol. The minimum absolute atomic E-state index is 0.0848. The zero-order valence-electron chi connectivity index (χ0n) is 15.2. The van der Waals surface area contributed by atoms with Crippen LogP contribution in [0.3, 0.4) is 0 Å². The minimum atomic E-state index is -0.0848. The molecule has 1 aliphatic heterocycles. The fourth-order valence-electron chi connectivity index (χ4n) is 3.67. The summed E-state index contributed by atoms with van der Waals surface area (Å²) in [5.74, 6) is 0.486. The predicted octanol–water partition coefficient (Wildman–Crippen LogP) is 3.83.